The number of hydrogen-bond acceptors (Lipinski definition) is 2. The minimum atomic E-state index is -0.259. The van der Waals surface area contributed by atoms with Gasteiger partial charge in [0.25, 0.3) is 0 Å². The fraction of sp³-hybridized carbons (Fsp3) is 0.0638. The van der Waals surface area contributed by atoms with Crippen LogP contribution in [0.25, 0.3) is 58.9 Å². The molecular weight excluding hydrogens is 611 g/mol. The molecule has 0 radical (unpaired) electrons. The van der Waals surface area contributed by atoms with E-state index in [1.165, 1.54) is 75.4 Å². The zero-order valence-corrected chi connectivity index (χ0v) is 28.0. The molecule has 232 valence electrons. The monoisotopic (exact) mass is 643 g/mol. The van der Waals surface area contributed by atoms with Crippen LogP contribution in [-0.4, -0.2) is 0 Å². The molecule has 0 amide bonds. The molecule has 0 saturated carbocycles. The molecule has 2 unspecified atom stereocenters. The Morgan fingerprint density at radius 2 is 1.39 bits per heavy atom. The normalized spacial score (nSPS) is 18.1. The molecule has 0 saturated heterocycles. The van der Waals surface area contributed by atoms with Gasteiger partial charge in [0.15, 0.2) is 0 Å². The molecule has 2 heteroatoms. The Balaban J connectivity index is 1.27. The summed E-state index contributed by atoms with van der Waals surface area (Å²) in [5.41, 5.74) is 8.50. The summed E-state index contributed by atoms with van der Waals surface area (Å²) in [6.07, 6.45) is 11.7. The minimum Gasteiger partial charge on any atom is -0.313 e. The van der Waals surface area contributed by atoms with Gasteiger partial charge in [-0.1, -0.05) is 140 Å². The van der Waals surface area contributed by atoms with Gasteiger partial charge in [-0.15, -0.1) is 11.3 Å². The molecule has 1 aromatic heterocycles. The molecule has 10 rings (SSSR count). The lowest BCUT2D eigenvalue weighted by Crippen LogP contribution is -2.37. The molecule has 1 heterocycles. The topological polar surface area (TPSA) is 3.24 Å². The summed E-state index contributed by atoms with van der Waals surface area (Å²) in [4.78, 5) is 2.55. The summed E-state index contributed by atoms with van der Waals surface area (Å²) < 4.78 is 2.67. The van der Waals surface area contributed by atoms with Gasteiger partial charge in [-0.3, -0.25) is 0 Å². The highest BCUT2D eigenvalue weighted by atomic mass is 32.1. The van der Waals surface area contributed by atoms with E-state index in [1.807, 2.05) is 11.3 Å². The number of nitrogens with zero attached hydrogens (tertiary/aromatic N) is 1. The van der Waals surface area contributed by atoms with Gasteiger partial charge >= 0.3 is 0 Å². The molecule has 8 aromatic rings. The lowest BCUT2D eigenvalue weighted by Gasteiger charge is -2.46. The van der Waals surface area contributed by atoms with E-state index in [0.717, 1.165) is 5.69 Å². The second-order valence-electron chi connectivity index (χ2n) is 13.5. The molecule has 7 aromatic carbocycles. The van der Waals surface area contributed by atoms with E-state index in [2.05, 4.69) is 188 Å². The van der Waals surface area contributed by atoms with Crippen molar-refractivity contribution in [1.82, 2.24) is 0 Å². The Labute approximate surface area is 290 Å². The van der Waals surface area contributed by atoms with Crippen molar-refractivity contribution >= 4 is 70.5 Å². The molecule has 0 spiro atoms. The van der Waals surface area contributed by atoms with Crippen LogP contribution in [0, 0.1) is 5.41 Å². The molecule has 0 aliphatic heterocycles. The maximum atomic E-state index is 2.55. The number of rotatable bonds is 4. The first-order valence-electron chi connectivity index (χ1n) is 17.1. The van der Waals surface area contributed by atoms with Crippen molar-refractivity contribution in [3.63, 3.8) is 0 Å². The summed E-state index contributed by atoms with van der Waals surface area (Å²) in [6.45, 7) is 2.41. The molecule has 49 heavy (non-hydrogen) atoms. The zero-order chi connectivity index (χ0) is 32.5. The van der Waals surface area contributed by atoms with Gasteiger partial charge in [0, 0.05) is 48.3 Å². The minimum absolute atomic E-state index is 0.225. The first-order chi connectivity index (χ1) is 24.2. The quantitative estimate of drug-likeness (QED) is 0.184. The van der Waals surface area contributed by atoms with Gasteiger partial charge < -0.3 is 4.90 Å². The Kier molecular flexibility index (Phi) is 6.31. The molecule has 2 atom stereocenters. The van der Waals surface area contributed by atoms with Crippen molar-refractivity contribution in [2.75, 3.05) is 4.90 Å². The average Bonchev–Trinajstić information content (AvgIpc) is 3.54. The van der Waals surface area contributed by atoms with Gasteiger partial charge in [-0.25, -0.2) is 0 Å². The molecule has 0 N–H and O–H groups in total. The standard InChI is InChI=1S/C47H33NS/c1-47-28-12-11-20-41(47)36-16-6-5-15-32(36)30-45(47)48(42-26-25-35(31-13-3-2-4-14-31)38-17-7-8-18-39(38)42)34-23-24-37-33(29-34)22-27-44-46(37)40-19-9-10-21-43(40)49-44/h2-30,41H,1H3. The first kappa shape index (κ1) is 28.3. The predicted octanol–water partition coefficient (Wildman–Crippen LogP) is 13.4. The largest absolute Gasteiger partial charge is 0.313 e. The van der Waals surface area contributed by atoms with Crippen LogP contribution in [0.5, 0.6) is 0 Å². The molecule has 2 aliphatic rings. The Morgan fingerprint density at radius 3 is 2.29 bits per heavy atom. The third-order valence-electron chi connectivity index (χ3n) is 10.7. The summed E-state index contributed by atoms with van der Waals surface area (Å²) >= 11 is 1.88. The van der Waals surface area contributed by atoms with Crippen LogP contribution >= 0.6 is 11.3 Å². The van der Waals surface area contributed by atoms with Crippen LogP contribution in [0.2, 0.25) is 0 Å². The Morgan fingerprint density at radius 1 is 0.612 bits per heavy atom. The van der Waals surface area contributed by atoms with Crippen molar-refractivity contribution < 1.29 is 0 Å². The number of fused-ring (bicyclic) bond motifs is 9. The second kappa shape index (κ2) is 10.9. The number of thiophene rings is 1. The van der Waals surface area contributed by atoms with Crippen LogP contribution in [0.15, 0.2) is 176 Å². The summed E-state index contributed by atoms with van der Waals surface area (Å²) in [7, 11) is 0. The van der Waals surface area contributed by atoms with Gasteiger partial charge in [0.2, 0.25) is 0 Å². The van der Waals surface area contributed by atoms with Crippen LogP contribution in [0.3, 0.4) is 0 Å². The second-order valence-corrected chi connectivity index (χ2v) is 14.6. The van der Waals surface area contributed by atoms with Crippen molar-refractivity contribution in [3.8, 4) is 11.1 Å². The van der Waals surface area contributed by atoms with Crippen molar-refractivity contribution in [2.24, 2.45) is 5.41 Å². The van der Waals surface area contributed by atoms with Crippen LogP contribution in [0.4, 0.5) is 11.4 Å². The summed E-state index contributed by atoms with van der Waals surface area (Å²) in [6, 6.07) is 53.8. The number of benzene rings is 7. The van der Waals surface area contributed by atoms with Crippen LogP contribution < -0.4 is 4.90 Å². The van der Waals surface area contributed by atoms with E-state index in [9.17, 15) is 0 Å². The van der Waals surface area contributed by atoms with Crippen LogP contribution in [0.1, 0.15) is 24.0 Å². The molecule has 0 fully saturated rings. The highest BCUT2D eigenvalue weighted by molar-refractivity contribution is 7.26. The lowest BCUT2D eigenvalue weighted by atomic mass is 9.64. The Hall–Kier alpha value is -5.70. The van der Waals surface area contributed by atoms with Crippen molar-refractivity contribution in [2.45, 2.75) is 12.8 Å². The van der Waals surface area contributed by atoms with E-state index < -0.39 is 0 Å². The van der Waals surface area contributed by atoms with E-state index >= 15 is 0 Å². The maximum absolute atomic E-state index is 2.55. The summed E-state index contributed by atoms with van der Waals surface area (Å²) in [5, 5.41) is 7.73. The zero-order valence-electron chi connectivity index (χ0n) is 27.2. The van der Waals surface area contributed by atoms with E-state index in [4.69, 9.17) is 0 Å². The fourth-order valence-electron chi connectivity index (χ4n) is 8.37. The molecule has 2 aliphatic carbocycles. The van der Waals surface area contributed by atoms with Gasteiger partial charge in [-0.2, -0.15) is 0 Å². The highest BCUT2D eigenvalue weighted by Crippen LogP contribution is 2.55. The fourth-order valence-corrected chi connectivity index (χ4v) is 9.50. The smallest absolute Gasteiger partial charge is 0.0537 e. The van der Waals surface area contributed by atoms with Gasteiger partial charge in [0.1, 0.15) is 0 Å². The van der Waals surface area contributed by atoms with Gasteiger partial charge in [-0.05, 0) is 81.7 Å². The number of hydrogen-bond donors (Lipinski definition) is 0. The number of allylic oxidation sites excluding steroid dienone is 4. The van der Waals surface area contributed by atoms with E-state index in [0.29, 0.717) is 0 Å². The van der Waals surface area contributed by atoms with E-state index in [-0.39, 0.29) is 11.3 Å². The maximum Gasteiger partial charge on any atom is 0.0537 e. The predicted molar refractivity (Wildman–Crippen MR) is 212 cm³/mol. The van der Waals surface area contributed by atoms with Crippen molar-refractivity contribution in [3.05, 3.63) is 187 Å². The average molecular weight is 644 g/mol. The van der Waals surface area contributed by atoms with E-state index in [1.54, 1.807) is 0 Å². The molecular formula is C47H33NS. The van der Waals surface area contributed by atoms with Crippen LogP contribution in [-0.2, 0) is 0 Å². The Bertz CT molecular complexity index is 2690. The van der Waals surface area contributed by atoms with Crippen molar-refractivity contribution in [1.29, 1.82) is 0 Å². The SMILES string of the molecule is CC12C=CC=CC1c1ccccc1C=C2N(c1ccc2c(ccc3sc4ccccc4c32)c1)c1ccc(-c2ccccc2)c2ccccc12. The highest BCUT2D eigenvalue weighted by Gasteiger charge is 2.43. The summed E-state index contributed by atoms with van der Waals surface area (Å²) in [5.74, 6) is 0.225. The lowest BCUT2D eigenvalue weighted by molar-refractivity contribution is 0.442. The third kappa shape index (κ3) is 4.31. The number of anilines is 2. The molecule has 1 nitrogen and oxygen atoms in total. The van der Waals surface area contributed by atoms with Gasteiger partial charge in [0.05, 0.1) is 5.69 Å². The third-order valence-corrected chi connectivity index (χ3v) is 11.9. The first-order valence-corrected chi connectivity index (χ1v) is 17.9. The molecule has 0 bridgehead atoms.